The molecule has 0 aliphatic rings. The first-order chi connectivity index (χ1) is 19.7. The fourth-order valence-electron chi connectivity index (χ4n) is 4.17. The number of aromatic nitrogens is 3. The van der Waals surface area contributed by atoms with Crippen molar-refractivity contribution in [2.45, 2.75) is 6.55 Å². The first kappa shape index (κ1) is 31.0. The fourth-order valence-corrected chi connectivity index (χ4v) is 4.17. The summed E-state index contributed by atoms with van der Waals surface area (Å²) in [5, 5.41) is 13.7. The number of anilines is 4. The Kier molecular flexibility index (Phi) is 10.7. The molecule has 4 aromatic rings. The van der Waals surface area contributed by atoms with Crippen molar-refractivity contribution >= 4 is 39.8 Å². The Hall–Kier alpha value is -4.55. The van der Waals surface area contributed by atoms with E-state index in [4.69, 9.17) is 9.84 Å². The molecule has 1 amide bonds. The molecular weight excluding hydrogens is 532 g/mol. The molecule has 0 fully saturated rings. The molecule has 0 radical (unpaired) electrons. The summed E-state index contributed by atoms with van der Waals surface area (Å²) in [5.41, 5.74) is 3.24. The molecule has 218 valence electrons. The molecule has 0 aliphatic carbocycles. The van der Waals surface area contributed by atoms with Gasteiger partial charge < -0.3 is 30.3 Å². The number of fused-ring (bicyclic) bond motifs is 1. The van der Waals surface area contributed by atoms with Gasteiger partial charge in [-0.15, -0.1) is 0 Å². The standard InChI is InChI=1S/C28H31F2N7O2.CH4O/c1-6-26(38)32-21-15-22(25(39-5)16-24(21)36(4)14-13-35(2)3)34-28-31-12-11-20(33-28)19-17-37(27(29)30)23-10-8-7-9-18(19)23;1-2/h6-12,15-17,27H,1,13-14H2,2-5H3,(H,32,38)(H,31,33,34);2H,1H3. The normalized spacial score (nSPS) is 10.8. The molecule has 0 bridgehead atoms. The van der Waals surface area contributed by atoms with Crippen LogP contribution >= 0.6 is 0 Å². The number of halogens is 2. The number of rotatable bonds is 11. The summed E-state index contributed by atoms with van der Waals surface area (Å²) < 4.78 is 33.9. The van der Waals surface area contributed by atoms with Gasteiger partial charge in [-0.25, -0.2) is 9.97 Å². The summed E-state index contributed by atoms with van der Waals surface area (Å²) in [4.78, 5) is 25.2. The third-order valence-electron chi connectivity index (χ3n) is 6.18. The van der Waals surface area contributed by atoms with Gasteiger partial charge in [0.1, 0.15) is 5.75 Å². The second kappa shape index (κ2) is 14.2. The lowest BCUT2D eigenvalue weighted by molar-refractivity contribution is -0.111. The van der Waals surface area contributed by atoms with Crippen LogP contribution in [0.15, 0.2) is 67.5 Å². The van der Waals surface area contributed by atoms with Gasteiger partial charge in [0.25, 0.3) is 0 Å². The maximum absolute atomic E-state index is 13.7. The quantitative estimate of drug-likeness (QED) is 0.218. The van der Waals surface area contributed by atoms with Gasteiger partial charge in [0.2, 0.25) is 11.9 Å². The van der Waals surface area contributed by atoms with E-state index in [1.54, 1.807) is 49.7 Å². The molecule has 0 unspecified atom stereocenters. The number of likely N-dealkylation sites (N-methyl/N-ethyl adjacent to an activating group) is 2. The molecule has 0 atom stereocenters. The molecule has 4 rings (SSSR count). The summed E-state index contributed by atoms with van der Waals surface area (Å²) in [6.07, 6.45) is 4.14. The van der Waals surface area contributed by atoms with Crippen LogP contribution in [-0.4, -0.2) is 78.9 Å². The van der Waals surface area contributed by atoms with Crippen molar-refractivity contribution in [2.24, 2.45) is 0 Å². The van der Waals surface area contributed by atoms with Crippen molar-refractivity contribution in [2.75, 3.05) is 64.0 Å². The zero-order chi connectivity index (χ0) is 30.1. The number of carbonyl (C=O) groups is 1. The maximum Gasteiger partial charge on any atom is 0.319 e. The minimum absolute atomic E-state index is 0.231. The Morgan fingerprint density at radius 3 is 2.54 bits per heavy atom. The second-order valence-electron chi connectivity index (χ2n) is 9.12. The molecule has 0 aliphatic heterocycles. The SMILES string of the molecule is C=CC(=O)Nc1cc(Nc2nccc(-c3cn(C(F)F)c4ccccc34)n2)c(OC)cc1N(C)CCN(C)C.CO. The Labute approximate surface area is 237 Å². The number of ether oxygens (including phenoxy) is 1. The van der Waals surface area contributed by atoms with Gasteiger partial charge in [0, 0.05) is 56.7 Å². The zero-order valence-corrected chi connectivity index (χ0v) is 23.7. The Balaban J connectivity index is 0.00000226. The summed E-state index contributed by atoms with van der Waals surface area (Å²) in [5.74, 6) is 0.373. The number of aliphatic hydroxyl groups is 1. The molecule has 0 saturated carbocycles. The third kappa shape index (κ3) is 7.35. The van der Waals surface area contributed by atoms with Crippen molar-refractivity contribution in [1.82, 2.24) is 19.4 Å². The largest absolute Gasteiger partial charge is 0.494 e. The molecule has 0 saturated heterocycles. The van der Waals surface area contributed by atoms with Gasteiger partial charge in [-0.1, -0.05) is 24.8 Å². The van der Waals surface area contributed by atoms with Crippen molar-refractivity contribution < 1.29 is 23.4 Å². The summed E-state index contributed by atoms with van der Waals surface area (Å²) in [7, 11) is 8.45. The lowest BCUT2D eigenvalue weighted by Crippen LogP contribution is -2.29. The number of hydrogen-bond acceptors (Lipinski definition) is 8. The van der Waals surface area contributed by atoms with Gasteiger partial charge in [-0.3, -0.25) is 9.36 Å². The fraction of sp³-hybridized carbons (Fsp3) is 0.276. The number of nitrogens with one attached hydrogen (secondary N) is 2. The van der Waals surface area contributed by atoms with E-state index >= 15 is 0 Å². The first-order valence-electron chi connectivity index (χ1n) is 12.7. The Bertz CT molecular complexity index is 1490. The molecule has 10 nitrogen and oxygen atoms in total. The number of amides is 1. The van der Waals surface area contributed by atoms with Crippen LogP contribution in [0.5, 0.6) is 5.75 Å². The molecule has 0 spiro atoms. The number of carbonyl (C=O) groups excluding carboxylic acids is 1. The minimum atomic E-state index is -2.69. The number of hydrogen-bond donors (Lipinski definition) is 3. The molecular formula is C29H35F2N7O3. The van der Waals surface area contributed by atoms with Crippen LogP contribution in [0.25, 0.3) is 22.2 Å². The molecule has 41 heavy (non-hydrogen) atoms. The van der Waals surface area contributed by atoms with Gasteiger partial charge in [0.05, 0.1) is 35.4 Å². The average molecular weight is 568 g/mol. The van der Waals surface area contributed by atoms with Gasteiger partial charge in [0.15, 0.2) is 0 Å². The highest BCUT2D eigenvalue weighted by Gasteiger charge is 2.19. The predicted octanol–water partition coefficient (Wildman–Crippen LogP) is 4.98. The predicted molar refractivity (Wildman–Crippen MR) is 159 cm³/mol. The van der Waals surface area contributed by atoms with E-state index in [1.807, 2.05) is 32.1 Å². The number of benzene rings is 2. The van der Waals surface area contributed by atoms with Gasteiger partial charge >= 0.3 is 6.55 Å². The van der Waals surface area contributed by atoms with Crippen LogP contribution in [-0.2, 0) is 4.79 Å². The summed E-state index contributed by atoms with van der Waals surface area (Å²) >= 11 is 0. The van der Waals surface area contributed by atoms with Gasteiger partial charge in [-0.2, -0.15) is 8.78 Å². The van der Waals surface area contributed by atoms with Crippen LogP contribution in [0.2, 0.25) is 0 Å². The highest BCUT2D eigenvalue weighted by molar-refractivity contribution is 6.02. The van der Waals surface area contributed by atoms with Crippen LogP contribution < -0.4 is 20.3 Å². The first-order valence-corrected chi connectivity index (χ1v) is 12.7. The highest BCUT2D eigenvalue weighted by Crippen LogP contribution is 2.38. The van der Waals surface area contributed by atoms with E-state index in [2.05, 4.69) is 32.1 Å². The van der Waals surface area contributed by atoms with Crippen LogP contribution in [0.3, 0.4) is 0 Å². The highest BCUT2D eigenvalue weighted by atomic mass is 19.3. The topological polar surface area (TPSA) is 108 Å². The molecule has 2 aromatic carbocycles. The average Bonchev–Trinajstić information content (AvgIpc) is 3.37. The van der Waals surface area contributed by atoms with E-state index in [-0.39, 0.29) is 11.9 Å². The molecule has 2 aromatic heterocycles. The van der Waals surface area contributed by atoms with Crippen molar-refractivity contribution in [3.8, 4) is 17.0 Å². The van der Waals surface area contributed by atoms with Crippen molar-refractivity contribution in [3.05, 3.63) is 67.5 Å². The monoisotopic (exact) mass is 567 g/mol. The smallest absolute Gasteiger partial charge is 0.319 e. The Morgan fingerprint density at radius 2 is 1.88 bits per heavy atom. The lowest BCUT2D eigenvalue weighted by atomic mass is 10.1. The van der Waals surface area contributed by atoms with Crippen molar-refractivity contribution in [3.63, 3.8) is 0 Å². The molecule has 3 N–H and O–H groups in total. The van der Waals surface area contributed by atoms with E-state index < -0.39 is 6.55 Å². The number of methoxy groups -OCH3 is 1. The second-order valence-corrected chi connectivity index (χ2v) is 9.12. The van der Waals surface area contributed by atoms with Crippen molar-refractivity contribution in [1.29, 1.82) is 0 Å². The number of para-hydroxylation sites is 1. The van der Waals surface area contributed by atoms with Gasteiger partial charge in [-0.05, 0) is 38.4 Å². The van der Waals surface area contributed by atoms with E-state index in [9.17, 15) is 13.6 Å². The Morgan fingerprint density at radius 1 is 1.15 bits per heavy atom. The number of aliphatic hydroxyl groups excluding tert-OH is 1. The lowest BCUT2D eigenvalue weighted by Gasteiger charge is -2.26. The van der Waals surface area contributed by atoms with Crippen LogP contribution in [0, 0.1) is 0 Å². The minimum Gasteiger partial charge on any atom is -0.494 e. The van der Waals surface area contributed by atoms with E-state index in [0.717, 1.165) is 23.9 Å². The van der Waals surface area contributed by atoms with E-state index in [0.29, 0.717) is 45.8 Å². The van der Waals surface area contributed by atoms with Crippen LogP contribution in [0.1, 0.15) is 6.55 Å². The third-order valence-corrected chi connectivity index (χ3v) is 6.18. The van der Waals surface area contributed by atoms with Crippen LogP contribution in [0.4, 0.5) is 31.8 Å². The summed E-state index contributed by atoms with van der Waals surface area (Å²) in [6, 6.07) is 12.2. The number of alkyl halides is 2. The molecule has 2 heterocycles. The zero-order valence-electron chi connectivity index (χ0n) is 23.7. The maximum atomic E-state index is 13.7. The summed E-state index contributed by atoms with van der Waals surface area (Å²) in [6.45, 7) is 2.36. The van der Waals surface area contributed by atoms with E-state index in [1.165, 1.54) is 12.3 Å². The molecule has 12 heteroatoms. The number of nitrogens with zero attached hydrogens (tertiary/aromatic N) is 5.